The Morgan fingerprint density at radius 3 is 2.75 bits per heavy atom. The predicted octanol–water partition coefficient (Wildman–Crippen LogP) is 3.24. The Morgan fingerprint density at radius 1 is 1.56 bits per heavy atom. The van der Waals surface area contributed by atoms with Crippen LogP contribution < -0.4 is 0 Å². The molecule has 86 valence electrons. The van der Waals surface area contributed by atoms with Crippen LogP contribution in [0.4, 0.5) is 4.39 Å². The van der Waals surface area contributed by atoms with E-state index in [2.05, 4.69) is 22.5 Å². The Hall–Kier alpha value is -1.16. The molecule has 0 radical (unpaired) electrons. The van der Waals surface area contributed by atoms with Gasteiger partial charge < -0.3 is 4.90 Å². The summed E-state index contributed by atoms with van der Waals surface area (Å²) in [5.41, 5.74) is 0.921. The van der Waals surface area contributed by atoms with Crippen LogP contribution in [-0.4, -0.2) is 24.4 Å². The van der Waals surface area contributed by atoms with E-state index in [1.54, 1.807) is 13.1 Å². The van der Waals surface area contributed by atoms with Crippen molar-refractivity contribution in [2.24, 2.45) is 0 Å². The lowest BCUT2D eigenvalue weighted by Crippen LogP contribution is -2.28. The van der Waals surface area contributed by atoms with E-state index in [1.165, 1.54) is 17.0 Å². The van der Waals surface area contributed by atoms with Gasteiger partial charge in [-0.2, -0.15) is 0 Å². The van der Waals surface area contributed by atoms with Gasteiger partial charge in [-0.25, -0.2) is 4.39 Å². The minimum absolute atomic E-state index is 0.0677. The quantitative estimate of drug-likeness (QED) is 0.781. The van der Waals surface area contributed by atoms with E-state index in [0.29, 0.717) is 11.0 Å². The summed E-state index contributed by atoms with van der Waals surface area (Å²) >= 11 is 3.21. The van der Waals surface area contributed by atoms with E-state index < -0.39 is 5.82 Å². The monoisotopic (exact) mass is 285 g/mol. The highest BCUT2D eigenvalue weighted by Crippen LogP contribution is 2.17. The van der Waals surface area contributed by atoms with Crippen LogP contribution in [0.2, 0.25) is 0 Å². The average molecular weight is 286 g/mol. The van der Waals surface area contributed by atoms with Crippen LogP contribution in [0.25, 0.3) is 0 Å². The number of hydrogen-bond donors (Lipinski definition) is 0. The van der Waals surface area contributed by atoms with Gasteiger partial charge in [-0.1, -0.05) is 28.1 Å². The number of hydrogen-bond acceptors (Lipinski definition) is 1. The fourth-order valence-electron chi connectivity index (χ4n) is 1.34. The highest BCUT2D eigenvalue weighted by atomic mass is 79.9. The fraction of sp³-hybridized carbons (Fsp3) is 0.250. The smallest absolute Gasteiger partial charge is 0.256 e. The topological polar surface area (TPSA) is 20.3 Å². The molecule has 0 saturated carbocycles. The van der Waals surface area contributed by atoms with Gasteiger partial charge in [0.1, 0.15) is 5.82 Å². The first-order chi connectivity index (χ1) is 7.41. The third kappa shape index (κ3) is 3.17. The van der Waals surface area contributed by atoms with Gasteiger partial charge in [0.15, 0.2) is 0 Å². The molecule has 0 heterocycles. The molecule has 0 aliphatic heterocycles. The predicted molar refractivity (Wildman–Crippen MR) is 65.9 cm³/mol. The van der Waals surface area contributed by atoms with Crippen molar-refractivity contribution >= 4 is 21.8 Å². The van der Waals surface area contributed by atoms with Gasteiger partial charge in [-0.3, -0.25) is 4.79 Å². The van der Waals surface area contributed by atoms with Gasteiger partial charge in [-0.15, -0.1) is 0 Å². The Kier molecular flexibility index (Phi) is 4.24. The van der Waals surface area contributed by atoms with Crippen molar-refractivity contribution < 1.29 is 9.18 Å². The first kappa shape index (κ1) is 12.9. The van der Waals surface area contributed by atoms with E-state index in [4.69, 9.17) is 0 Å². The zero-order chi connectivity index (χ0) is 12.3. The molecule has 4 heteroatoms. The summed E-state index contributed by atoms with van der Waals surface area (Å²) in [5, 5.41) is 0. The van der Waals surface area contributed by atoms with Crippen molar-refractivity contribution in [2.75, 3.05) is 13.6 Å². The van der Waals surface area contributed by atoms with Crippen molar-refractivity contribution in [3.63, 3.8) is 0 Å². The van der Waals surface area contributed by atoms with Crippen molar-refractivity contribution in [2.45, 2.75) is 6.92 Å². The SMILES string of the molecule is C=C(C)CN(C)C(=O)c1cc(Br)ccc1F. The molecule has 0 unspecified atom stereocenters. The maximum absolute atomic E-state index is 13.4. The molecule has 1 aromatic carbocycles. The number of carbonyl (C=O) groups excluding carboxylic acids is 1. The first-order valence-electron chi connectivity index (χ1n) is 4.76. The van der Waals surface area contributed by atoms with Crippen molar-refractivity contribution in [1.82, 2.24) is 4.90 Å². The molecule has 0 aliphatic carbocycles. The number of halogens is 2. The van der Waals surface area contributed by atoms with Crippen LogP contribution in [0.3, 0.4) is 0 Å². The highest BCUT2D eigenvalue weighted by Gasteiger charge is 2.16. The molecule has 0 aliphatic rings. The lowest BCUT2D eigenvalue weighted by atomic mass is 10.2. The molecule has 0 saturated heterocycles. The Labute approximate surface area is 103 Å². The van der Waals surface area contributed by atoms with Gasteiger partial charge >= 0.3 is 0 Å². The Balaban J connectivity index is 2.95. The van der Waals surface area contributed by atoms with Crippen LogP contribution >= 0.6 is 15.9 Å². The minimum atomic E-state index is -0.512. The largest absolute Gasteiger partial charge is 0.338 e. The third-order valence-electron chi connectivity index (χ3n) is 2.01. The Bertz CT molecular complexity index is 431. The fourth-order valence-corrected chi connectivity index (χ4v) is 1.70. The third-order valence-corrected chi connectivity index (χ3v) is 2.51. The summed E-state index contributed by atoms with van der Waals surface area (Å²) in [7, 11) is 1.62. The molecular weight excluding hydrogens is 273 g/mol. The number of benzene rings is 1. The van der Waals surface area contributed by atoms with Crippen LogP contribution in [0, 0.1) is 5.82 Å². The maximum Gasteiger partial charge on any atom is 0.256 e. The second kappa shape index (κ2) is 5.25. The Morgan fingerprint density at radius 2 is 2.19 bits per heavy atom. The van der Waals surface area contributed by atoms with E-state index >= 15 is 0 Å². The molecule has 2 nitrogen and oxygen atoms in total. The normalized spacial score (nSPS) is 10.0. The van der Waals surface area contributed by atoms with Gasteiger partial charge in [0, 0.05) is 18.1 Å². The maximum atomic E-state index is 13.4. The molecule has 0 spiro atoms. The molecule has 0 atom stereocenters. The van der Waals surface area contributed by atoms with E-state index in [0.717, 1.165) is 5.57 Å². The summed E-state index contributed by atoms with van der Waals surface area (Å²) in [4.78, 5) is 13.3. The van der Waals surface area contributed by atoms with Crippen molar-refractivity contribution in [1.29, 1.82) is 0 Å². The van der Waals surface area contributed by atoms with Crippen LogP contribution in [0.5, 0.6) is 0 Å². The second-order valence-corrected chi connectivity index (χ2v) is 4.66. The first-order valence-corrected chi connectivity index (χ1v) is 5.56. The zero-order valence-corrected chi connectivity index (χ0v) is 10.8. The highest BCUT2D eigenvalue weighted by molar-refractivity contribution is 9.10. The van der Waals surface area contributed by atoms with Crippen LogP contribution in [0.15, 0.2) is 34.8 Å². The molecule has 0 fully saturated rings. The van der Waals surface area contributed by atoms with E-state index in [9.17, 15) is 9.18 Å². The number of rotatable bonds is 3. The van der Waals surface area contributed by atoms with E-state index in [1.807, 2.05) is 6.92 Å². The second-order valence-electron chi connectivity index (χ2n) is 3.74. The number of likely N-dealkylation sites (N-methyl/N-ethyl adjacent to an activating group) is 1. The minimum Gasteiger partial charge on any atom is -0.338 e. The standard InChI is InChI=1S/C12H13BrFNO/c1-8(2)7-15(3)12(16)10-6-9(13)4-5-11(10)14/h4-6H,1,7H2,2-3H3. The number of nitrogens with zero attached hydrogens (tertiary/aromatic N) is 1. The molecule has 0 N–H and O–H groups in total. The molecule has 1 amide bonds. The van der Waals surface area contributed by atoms with Gasteiger partial charge in [-0.05, 0) is 25.1 Å². The molecule has 1 aromatic rings. The summed E-state index contributed by atoms with van der Waals surface area (Å²) in [6, 6.07) is 4.31. The summed E-state index contributed by atoms with van der Waals surface area (Å²) in [5.74, 6) is -0.858. The van der Waals surface area contributed by atoms with Gasteiger partial charge in [0.05, 0.1) is 5.56 Å². The number of amides is 1. The summed E-state index contributed by atoms with van der Waals surface area (Å²) in [6.45, 7) is 5.96. The lowest BCUT2D eigenvalue weighted by Gasteiger charge is -2.17. The van der Waals surface area contributed by atoms with Crippen LogP contribution in [0.1, 0.15) is 17.3 Å². The summed E-state index contributed by atoms with van der Waals surface area (Å²) in [6.07, 6.45) is 0. The molecule has 0 aromatic heterocycles. The average Bonchev–Trinajstić information content (AvgIpc) is 2.19. The van der Waals surface area contributed by atoms with Gasteiger partial charge in [0.2, 0.25) is 0 Å². The zero-order valence-electron chi connectivity index (χ0n) is 9.26. The van der Waals surface area contributed by atoms with Gasteiger partial charge in [0.25, 0.3) is 5.91 Å². The van der Waals surface area contributed by atoms with Crippen LogP contribution in [-0.2, 0) is 0 Å². The lowest BCUT2D eigenvalue weighted by molar-refractivity contribution is 0.0802. The molecular formula is C12H13BrFNO. The molecule has 0 bridgehead atoms. The van der Waals surface area contributed by atoms with Crippen molar-refractivity contribution in [3.8, 4) is 0 Å². The molecule has 1 rings (SSSR count). The number of carbonyl (C=O) groups is 1. The summed E-state index contributed by atoms with van der Waals surface area (Å²) < 4.78 is 14.1. The molecule has 16 heavy (non-hydrogen) atoms. The van der Waals surface area contributed by atoms with Crippen molar-refractivity contribution in [3.05, 3.63) is 46.2 Å². The van der Waals surface area contributed by atoms with E-state index in [-0.39, 0.29) is 11.5 Å².